The van der Waals surface area contributed by atoms with Crippen LogP contribution in [0.4, 0.5) is 0 Å². The predicted octanol–water partition coefficient (Wildman–Crippen LogP) is 4.31. The Morgan fingerprint density at radius 3 is 2.84 bits per heavy atom. The summed E-state index contributed by atoms with van der Waals surface area (Å²) >= 11 is 9.29. The lowest BCUT2D eigenvalue weighted by atomic mass is 10.0. The molecule has 0 saturated carbocycles. The van der Waals surface area contributed by atoms with Crippen molar-refractivity contribution >= 4 is 33.4 Å². The maximum absolute atomic E-state index is 12.1. The van der Waals surface area contributed by atoms with Gasteiger partial charge >= 0.3 is 0 Å². The highest BCUT2D eigenvalue weighted by Gasteiger charge is 2.15. The third kappa shape index (κ3) is 3.61. The molecule has 0 spiro atoms. The number of H-pyrrole nitrogens is 1. The molecule has 0 fully saturated rings. The van der Waals surface area contributed by atoms with Crippen LogP contribution >= 0.6 is 27.5 Å². The Kier molecular flexibility index (Phi) is 4.66. The van der Waals surface area contributed by atoms with Crippen molar-refractivity contribution in [2.75, 3.05) is 0 Å². The van der Waals surface area contributed by atoms with Crippen molar-refractivity contribution < 1.29 is 4.79 Å². The third-order valence-corrected chi connectivity index (χ3v) is 3.55. The summed E-state index contributed by atoms with van der Waals surface area (Å²) in [6, 6.07) is 9.25. The summed E-state index contributed by atoms with van der Waals surface area (Å²) in [4.78, 5) is 15.0. The van der Waals surface area contributed by atoms with Crippen LogP contribution in [-0.4, -0.2) is 10.9 Å². The first-order valence-electron chi connectivity index (χ1n) is 6.00. The number of rotatable bonds is 4. The van der Waals surface area contributed by atoms with Crippen molar-refractivity contribution in [3.8, 4) is 0 Å². The van der Waals surface area contributed by atoms with E-state index in [2.05, 4.69) is 26.2 Å². The second-order valence-corrected chi connectivity index (χ2v) is 5.57. The summed E-state index contributed by atoms with van der Waals surface area (Å²) in [5.74, 6) is -0.127. The van der Waals surface area contributed by atoms with E-state index in [9.17, 15) is 4.79 Å². The van der Waals surface area contributed by atoms with Gasteiger partial charge in [0.25, 0.3) is 5.91 Å². The molecular weight excluding hydrogens is 328 g/mol. The normalized spacial score (nSPS) is 12.2. The lowest BCUT2D eigenvalue weighted by molar-refractivity contribution is 0.0931. The molecule has 1 unspecified atom stereocenters. The Morgan fingerprint density at radius 2 is 2.26 bits per heavy atom. The Hall–Kier alpha value is -1.26. The molecule has 19 heavy (non-hydrogen) atoms. The van der Waals surface area contributed by atoms with Gasteiger partial charge in [0.1, 0.15) is 5.69 Å². The zero-order chi connectivity index (χ0) is 13.8. The number of aromatic nitrogens is 1. The molecule has 0 radical (unpaired) electrons. The molecular formula is C14H14BrClN2O. The summed E-state index contributed by atoms with van der Waals surface area (Å²) in [6.07, 6.45) is 2.53. The van der Waals surface area contributed by atoms with Crippen LogP contribution in [-0.2, 0) is 0 Å². The Bertz CT molecular complexity index is 582. The van der Waals surface area contributed by atoms with E-state index in [4.69, 9.17) is 11.6 Å². The van der Waals surface area contributed by atoms with Gasteiger partial charge in [-0.3, -0.25) is 4.79 Å². The standard InChI is InChI=1S/C14H14BrClN2O/c1-2-12(9-4-3-5-11(16)6-9)18-14(19)13-7-10(15)8-17-13/h3-8,12,17H,2H2,1H3,(H,18,19). The van der Waals surface area contributed by atoms with Crippen molar-refractivity contribution in [2.24, 2.45) is 0 Å². The van der Waals surface area contributed by atoms with Gasteiger partial charge in [-0.15, -0.1) is 0 Å². The summed E-state index contributed by atoms with van der Waals surface area (Å²) in [7, 11) is 0. The molecule has 100 valence electrons. The monoisotopic (exact) mass is 340 g/mol. The second kappa shape index (κ2) is 6.26. The largest absolute Gasteiger partial charge is 0.356 e. The van der Waals surface area contributed by atoms with Crippen molar-refractivity contribution in [3.05, 3.63) is 57.3 Å². The quantitative estimate of drug-likeness (QED) is 0.855. The fraction of sp³-hybridized carbons (Fsp3) is 0.214. The number of carbonyl (C=O) groups excluding carboxylic acids is 1. The number of carbonyl (C=O) groups is 1. The van der Waals surface area contributed by atoms with Gasteiger partial charge in [0, 0.05) is 15.7 Å². The molecule has 0 aliphatic rings. The summed E-state index contributed by atoms with van der Waals surface area (Å²) in [5, 5.41) is 3.66. The Labute approximate surface area is 125 Å². The number of aromatic amines is 1. The van der Waals surface area contributed by atoms with E-state index < -0.39 is 0 Å². The van der Waals surface area contributed by atoms with Crippen LogP contribution in [0.2, 0.25) is 5.02 Å². The summed E-state index contributed by atoms with van der Waals surface area (Å²) in [5.41, 5.74) is 1.54. The molecule has 1 heterocycles. The van der Waals surface area contributed by atoms with Crippen molar-refractivity contribution in [3.63, 3.8) is 0 Å². The van der Waals surface area contributed by atoms with Gasteiger partial charge in [-0.05, 0) is 46.1 Å². The molecule has 0 bridgehead atoms. The minimum Gasteiger partial charge on any atom is -0.356 e. The predicted molar refractivity (Wildman–Crippen MR) is 80.4 cm³/mol. The third-order valence-electron chi connectivity index (χ3n) is 2.86. The molecule has 3 nitrogen and oxygen atoms in total. The van der Waals surface area contributed by atoms with E-state index >= 15 is 0 Å². The van der Waals surface area contributed by atoms with Crippen LogP contribution in [0, 0.1) is 0 Å². The van der Waals surface area contributed by atoms with Crippen LogP contribution in [0.1, 0.15) is 35.4 Å². The van der Waals surface area contributed by atoms with Crippen LogP contribution < -0.4 is 5.32 Å². The lowest BCUT2D eigenvalue weighted by Gasteiger charge is -2.17. The second-order valence-electron chi connectivity index (χ2n) is 4.22. The average Bonchev–Trinajstić information content (AvgIpc) is 2.82. The van der Waals surface area contributed by atoms with Gasteiger partial charge in [0.2, 0.25) is 0 Å². The smallest absolute Gasteiger partial charge is 0.268 e. The molecule has 0 aliphatic carbocycles. The Balaban J connectivity index is 2.13. The maximum atomic E-state index is 12.1. The molecule has 1 aromatic carbocycles. The van der Waals surface area contributed by atoms with Gasteiger partial charge < -0.3 is 10.3 Å². The zero-order valence-electron chi connectivity index (χ0n) is 10.4. The molecule has 2 N–H and O–H groups in total. The fourth-order valence-electron chi connectivity index (χ4n) is 1.88. The van der Waals surface area contributed by atoms with Crippen LogP contribution in [0.5, 0.6) is 0 Å². The molecule has 2 aromatic rings. The minimum absolute atomic E-state index is 0.0479. The van der Waals surface area contributed by atoms with E-state index in [1.807, 2.05) is 31.2 Å². The molecule has 1 aromatic heterocycles. The topological polar surface area (TPSA) is 44.9 Å². The van der Waals surface area contributed by atoms with Gasteiger partial charge in [0.15, 0.2) is 0 Å². The maximum Gasteiger partial charge on any atom is 0.268 e. The summed E-state index contributed by atoms with van der Waals surface area (Å²) in [6.45, 7) is 2.02. The first kappa shape index (κ1) is 14.2. The van der Waals surface area contributed by atoms with Gasteiger partial charge in [-0.25, -0.2) is 0 Å². The van der Waals surface area contributed by atoms with E-state index in [1.165, 1.54) is 0 Å². The molecule has 0 aliphatic heterocycles. The fourth-order valence-corrected chi connectivity index (χ4v) is 2.42. The molecule has 2 rings (SSSR count). The lowest BCUT2D eigenvalue weighted by Crippen LogP contribution is -2.28. The molecule has 5 heteroatoms. The number of nitrogens with one attached hydrogen (secondary N) is 2. The van der Waals surface area contributed by atoms with E-state index in [0.29, 0.717) is 10.7 Å². The van der Waals surface area contributed by atoms with E-state index in [0.717, 1.165) is 16.5 Å². The van der Waals surface area contributed by atoms with Crippen LogP contribution in [0.25, 0.3) is 0 Å². The average molecular weight is 342 g/mol. The van der Waals surface area contributed by atoms with Crippen LogP contribution in [0.15, 0.2) is 41.0 Å². The van der Waals surface area contributed by atoms with Crippen molar-refractivity contribution in [1.29, 1.82) is 0 Å². The van der Waals surface area contributed by atoms with Crippen molar-refractivity contribution in [2.45, 2.75) is 19.4 Å². The number of amides is 1. The zero-order valence-corrected chi connectivity index (χ0v) is 12.8. The first-order valence-corrected chi connectivity index (χ1v) is 7.17. The Morgan fingerprint density at radius 1 is 1.47 bits per heavy atom. The van der Waals surface area contributed by atoms with E-state index in [1.54, 1.807) is 12.3 Å². The highest BCUT2D eigenvalue weighted by atomic mass is 79.9. The number of hydrogen-bond donors (Lipinski definition) is 2. The number of halogens is 2. The van der Waals surface area contributed by atoms with E-state index in [-0.39, 0.29) is 11.9 Å². The van der Waals surface area contributed by atoms with Crippen LogP contribution in [0.3, 0.4) is 0 Å². The molecule has 1 atom stereocenters. The highest BCUT2D eigenvalue weighted by molar-refractivity contribution is 9.10. The SMILES string of the molecule is CCC(NC(=O)c1cc(Br)c[nH]1)c1cccc(Cl)c1. The highest BCUT2D eigenvalue weighted by Crippen LogP contribution is 2.21. The molecule has 1 amide bonds. The van der Waals surface area contributed by atoms with Gasteiger partial charge in [-0.2, -0.15) is 0 Å². The van der Waals surface area contributed by atoms with Gasteiger partial charge in [0.05, 0.1) is 6.04 Å². The molecule has 0 saturated heterocycles. The number of benzene rings is 1. The van der Waals surface area contributed by atoms with Crippen molar-refractivity contribution in [1.82, 2.24) is 10.3 Å². The first-order chi connectivity index (χ1) is 9.10. The van der Waals surface area contributed by atoms with Gasteiger partial charge in [-0.1, -0.05) is 30.7 Å². The number of hydrogen-bond acceptors (Lipinski definition) is 1. The minimum atomic E-state index is -0.127. The summed E-state index contributed by atoms with van der Waals surface area (Å²) < 4.78 is 0.855.